The molecule has 3 heteroatoms. The second kappa shape index (κ2) is 1.48. The highest BCUT2D eigenvalue weighted by Crippen LogP contribution is 2.46. The molecule has 0 amide bonds. The summed E-state index contributed by atoms with van der Waals surface area (Å²) < 4.78 is 4.95. The first-order valence-electron chi connectivity index (χ1n) is 3.13. The molecule has 1 saturated heterocycles. The molecular weight excluding hydrogens is 120 g/mol. The molecule has 1 saturated carbocycles. The topological polar surface area (TPSA) is 49.8 Å². The summed E-state index contributed by atoms with van der Waals surface area (Å²) in [6, 6.07) is 0. The molecule has 0 spiro atoms. The average Bonchev–Trinajstić information content (AvgIpc) is 2.60. The van der Waals surface area contributed by atoms with E-state index in [0.717, 1.165) is 13.0 Å². The Morgan fingerprint density at radius 1 is 1.67 bits per heavy atom. The van der Waals surface area contributed by atoms with E-state index < -0.39 is 5.97 Å². The zero-order chi connectivity index (χ0) is 6.43. The fraction of sp³-hybridized carbons (Fsp3) is 0.833. The molecule has 1 unspecified atom stereocenters. The van der Waals surface area contributed by atoms with Crippen LogP contribution >= 0.6 is 0 Å². The average molecular weight is 128 g/mol. The number of epoxide rings is 1. The monoisotopic (exact) mass is 128 g/mol. The van der Waals surface area contributed by atoms with Gasteiger partial charge in [0.25, 0.3) is 0 Å². The van der Waals surface area contributed by atoms with Crippen LogP contribution in [-0.2, 0) is 9.53 Å². The van der Waals surface area contributed by atoms with Crippen molar-refractivity contribution < 1.29 is 14.6 Å². The molecule has 2 aliphatic rings. The van der Waals surface area contributed by atoms with Gasteiger partial charge in [0, 0.05) is 5.92 Å². The Hall–Kier alpha value is -0.570. The number of ether oxygens (including phenoxy) is 1. The van der Waals surface area contributed by atoms with Gasteiger partial charge in [0.15, 0.2) is 0 Å². The van der Waals surface area contributed by atoms with E-state index in [1.807, 2.05) is 0 Å². The fourth-order valence-corrected chi connectivity index (χ4v) is 1.21. The van der Waals surface area contributed by atoms with E-state index in [2.05, 4.69) is 0 Å². The molecular formula is C6H8O3. The van der Waals surface area contributed by atoms with Gasteiger partial charge in [-0.25, -0.2) is 0 Å². The molecule has 9 heavy (non-hydrogen) atoms. The fourth-order valence-electron chi connectivity index (χ4n) is 1.21. The van der Waals surface area contributed by atoms with Gasteiger partial charge in [0.1, 0.15) is 0 Å². The third kappa shape index (κ3) is 0.812. The second-order valence-corrected chi connectivity index (χ2v) is 2.72. The van der Waals surface area contributed by atoms with Gasteiger partial charge in [-0.05, 0) is 6.42 Å². The van der Waals surface area contributed by atoms with Crippen LogP contribution in [0, 0.1) is 11.8 Å². The zero-order valence-corrected chi connectivity index (χ0v) is 4.91. The van der Waals surface area contributed by atoms with Gasteiger partial charge >= 0.3 is 5.97 Å². The van der Waals surface area contributed by atoms with Crippen molar-refractivity contribution in [3.05, 3.63) is 0 Å². The summed E-state index contributed by atoms with van der Waals surface area (Å²) in [4.78, 5) is 10.2. The summed E-state index contributed by atoms with van der Waals surface area (Å²) >= 11 is 0. The summed E-state index contributed by atoms with van der Waals surface area (Å²) in [6.45, 7) is 0.786. The van der Waals surface area contributed by atoms with Crippen molar-refractivity contribution in [1.29, 1.82) is 0 Å². The van der Waals surface area contributed by atoms with Gasteiger partial charge in [-0.3, -0.25) is 4.79 Å². The standard InChI is InChI=1S/C6H8O3/c7-6(8)4-1-3(4)5-2-9-5/h3-5H,1-2H2,(H,7,8)/t3-,4-,5?/m1/s1. The quantitative estimate of drug-likeness (QED) is 0.537. The van der Waals surface area contributed by atoms with E-state index in [1.54, 1.807) is 0 Å². The predicted molar refractivity (Wildman–Crippen MR) is 29.0 cm³/mol. The van der Waals surface area contributed by atoms with Gasteiger partial charge in [-0.1, -0.05) is 0 Å². The minimum atomic E-state index is -0.657. The number of aliphatic carboxylic acids is 1. The summed E-state index contributed by atoms with van der Waals surface area (Å²) in [7, 11) is 0. The molecule has 3 atom stereocenters. The number of hydrogen-bond acceptors (Lipinski definition) is 2. The van der Waals surface area contributed by atoms with Gasteiger partial charge in [-0.15, -0.1) is 0 Å². The number of rotatable bonds is 2. The SMILES string of the molecule is O=C(O)[C@@H]1C[C@H]1C1CO1. The highest BCUT2D eigenvalue weighted by atomic mass is 16.6. The lowest BCUT2D eigenvalue weighted by Gasteiger charge is -1.85. The molecule has 2 rings (SSSR count). The first-order chi connectivity index (χ1) is 4.29. The van der Waals surface area contributed by atoms with Crippen LogP contribution in [-0.4, -0.2) is 23.8 Å². The lowest BCUT2D eigenvalue weighted by molar-refractivity contribution is -0.138. The van der Waals surface area contributed by atoms with Crippen LogP contribution in [0.2, 0.25) is 0 Å². The maximum Gasteiger partial charge on any atom is 0.306 e. The number of hydrogen-bond donors (Lipinski definition) is 1. The van der Waals surface area contributed by atoms with Crippen molar-refractivity contribution in [3.63, 3.8) is 0 Å². The van der Waals surface area contributed by atoms with Crippen molar-refractivity contribution in [2.24, 2.45) is 11.8 Å². The summed E-state index contributed by atoms with van der Waals surface area (Å²) in [6.07, 6.45) is 1.13. The highest BCUT2D eigenvalue weighted by molar-refractivity contribution is 5.73. The van der Waals surface area contributed by atoms with Crippen LogP contribution in [0.3, 0.4) is 0 Å². The summed E-state index contributed by atoms with van der Waals surface area (Å²) in [5.74, 6) is -0.393. The molecule has 50 valence electrons. The largest absolute Gasteiger partial charge is 0.481 e. The third-order valence-electron chi connectivity index (χ3n) is 1.99. The molecule has 1 heterocycles. The van der Waals surface area contributed by atoms with Gasteiger partial charge in [0.05, 0.1) is 18.6 Å². The Kier molecular flexibility index (Phi) is 0.858. The normalized spacial score (nSPS) is 46.4. The van der Waals surface area contributed by atoms with Gasteiger partial charge in [-0.2, -0.15) is 0 Å². The van der Waals surface area contributed by atoms with Crippen LogP contribution in [0.1, 0.15) is 6.42 Å². The molecule has 0 aromatic rings. The Morgan fingerprint density at radius 2 is 2.33 bits per heavy atom. The Bertz CT molecular complexity index is 150. The van der Waals surface area contributed by atoms with Crippen molar-refractivity contribution in [3.8, 4) is 0 Å². The van der Waals surface area contributed by atoms with Gasteiger partial charge < -0.3 is 9.84 Å². The molecule has 0 radical (unpaired) electrons. The minimum absolute atomic E-state index is 0.0856. The lowest BCUT2D eigenvalue weighted by Crippen LogP contribution is -2.02. The predicted octanol–water partition coefficient (Wildman–Crippen LogP) is 0.106. The molecule has 1 aliphatic carbocycles. The summed E-state index contributed by atoms with van der Waals surface area (Å²) in [5, 5.41) is 8.44. The number of carbonyl (C=O) groups is 1. The van der Waals surface area contributed by atoms with Crippen LogP contribution < -0.4 is 0 Å². The molecule has 1 aliphatic heterocycles. The first kappa shape index (κ1) is 5.23. The van der Waals surface area contributed by atoms with Crippen LogP contribution in [0.5, 0.6) is 0 Å². The maximum absolute atomic E-state index is 10.2. The third-order valence-corrected chi connectivity index (χ3v) is 1.99. The van der Waals surface area contributed by atoms with E-state index >= 15 is 0 Å². The lowest BCUT2D eigenvalue weighted by atomic mass is 10.2. The smallest absolute Gasteiger partial charge is 0.306 e. The van der Waals surface area contributed by atoms with Crippen molar-refractivity contribution in [2.45, 2.75) is 12.5 Å². The van der Waals surface area contributed by atoms with Crippen LogP contribution in [0.25, 0.3) is 0 Å². The molecule has 0 aromatic carbocycles. The molecule has 3 nitrogen and oxygen atoms in total. The van der Waals surface area contributed by atoms with Crippen molar-refractivity contribution >= 4 is 5.97 Å². The maximum atomic E-state index is 10.2. The molecule has 0 aromatic heterocycles. The number of carboxylic acids is 1. The van der Waals surface area contributed by atoms with E-state index in [-0.39, 0.29) is 5.92 Å². The highest BCUT2D eigenvalue weighted by Gasteiger charge is 2.52. The summed E-state index contributed by atoms with van der Waals surface area (Å²) in [5.41, 5.74) is 0. The van der Waals surface area contributed by atoms with E-state index in [9.17, 15) is 4.79 Å². The Morgan fingerprint density at radius 3 is 2.67 bits per heavy atom. The molecule has 2 fully saturated rings. The zero-order valence-electron chi connectivity index (χ0n) is 4.91. The number of carboxylic acid groups (broad SMARTS) is 1. The minimum Gasteiger partial charge on any atom is -0.481 e. The van der Waals surface area contributed by atoms with E-state index in [1.165, 1.54) is 0 Å². The van der Waals surface area contributed by atoms with Crippen molar-refractivity contribution in [2.75, 3.05) is 6.61 Å². The van der Waals surface area contributed by atoms with Crippen molar-refractivity contribution in [1.82, 2.24) is 0 Å². The van der Waals surface area contributed by atoms with Gasteiger partial charge in [0.2, 0.25) is 0 Å². The second-order valence-electron chi connectivity index (χ2n) is 2.72. The van der Waals surface area contributed by atoms with E-state index in [4.69, 9.17) is 9.84 Å². The molecule has 0 bridgehead atoms. The first-order valence-corrected chi connectivity index (χ1v) is 3.13. The Labute approximate surface area is 52.6 Å². The van der Waals surface area contributed by atoms with E-state index in [0.29, 0.717) is 12.0 Å². The Balaban J connectivity index is 1.87. The van der Waals surface area contributed by atoms with Crippen LogP contribution in [0.15, 0.2) is 0 Å². The molecule has 1 N–H and O–H groups in total. The van der Waals surface area contributed by atoms with Crippen LogP contribution in [0.4, 0.5) is 0 Å².